The Morgan fingerprint density at radius 2 is 1.73 bits per heavy atom. The number of carbonyl (C=O) groups is 1. The molecule has 0 saturated carbocycles. The van der Waals surface area contributed by atoms with Crippen molar-refractivity contribution < 1.29 is 9.90 Å². The molecule has 0 bridgehead atoms. The molecule has 2 aromatic rings. The highest BCUT2D eigenvalue weighted by Crippen LogP contribution is 2.26. The summed E-state index contributed by atoms with van der Waals surface area (Å²) in [5.41, 5.74) is 4.75. The average molecular weight is 351 g/mol. The summed E-state index contributed by atoms with van der Waals surface area (Å²) < 4.78 is 0. The third kappa shape index (κ3) is 5.62. The number of nitrogens with zero attached hydrogens (tertiary/aromatic N) is 1. The Morgan fingerprint density at radius 1 is 1.12 bits per heavy atom. The topological polar surface area (TPSA) is 40.5 Å². The molecule has 0 aromatic heterocycles. The highest BCUT2D eigenvalue weighted by molar-refractivity contribution is 5.86. The van der Waals surface area contributed by atoms with E-state index in [0.717, 1.165) is 16.7 Å². The minimum absolute atomic E-state index is 0.256. The van der Waals surface area contributed by atoms with E-state index in [9.17, 15) is 9.90 Å². The first-order valence-corrected chi connectivity index (χ1v) is 9.04. The molecule has 138 valence electrons. The minimum Gasteiger partial charge on any atom is -0.477 e. The standard InChI is InChI=1S/C21H23NO2.C2H6/c1-4-8-20(21(23)24)22(5-2)15-18-9-6-7-10-19(18)17-13-11-16(3)12-14-17;1-2/h5-14H,2,4,15H2,1,3H3,(H,23,24);1-2H3/b20-8-;. The number of carboxylic acid groups (broad SMARTS) is 1. The van der Waals surface area contributed by atoms with Gasteiger partial charge in [0.2, 0.25) is 0 Å². The zero-order valence-corrected chi connectivity index (χ0v) is 16.2. The maximum atomic E-state index is 11.5. The largest absolute Gasteiger partial charge is 0.477 e. The van der Waals surface area contributed by atoms with Gasteiger partial charge in [-0.3, -0.25) is 0 Å². The number of aryl methyl sites for hydroxylation is 1. The quantitative estimate of drug-likeness (QED) is 0.621. The summed E-state index contributed by atoms with van der Waals surface area (Å²) in [5, 5.41) is 9.44. The van der Waals surface area contributed by atoms with Crippen molar-refractivity contribution in [2.45, 2.75) is 40.7 Å². The van der Waals surface area contributed by atoms with Crippen LogP contribution in [0.2, 0.25) is 0 Å². The summed E-state index contributed by atoms with van der Waals surface area (Å²) in [7, 11) is 0. The van der Waals surface area contributed by atoms with Gasteiger partial charge < -0.3 is 10.0 Å². The summed E-state index contributed by atoms with van der Waals surface area (Å²) in [6.07, 6.45) is 3.94. The minimum atomic E-state index is -0.940. The van der Waals surface area contributed by atoms with Crippen molar-refractivity contribution >= 4 is 5.97 Å². The fraction of sp³-hybridized carbons (Fsp3) is 0.261. The summed E-state index contributed by atoms with van der Waals surface area (Å²) in [5.74, 6) is -0.940. The number of hydrogen-bond donors (Lipinski definition) is 1. The van der Waals surface area contributed by atoms with E-state index < -0.39 is 5.97 Å². The predicted molar refractivity (Wildman–Crippen MR) is 110 cm³/mol. The molecule has 0 aliphatic heterocycles. The molecule has 0 spiro atoms. The molecule has 2 rings (SSSR count). The van der Waals surface area contributed by atoms with E-state index in [1.807, 2.05) is 39.0 Å². The van der Waals surface area contributed by atoms with Crippen LogP contribution in [0.3, 0.4) is 0 Å². The molecule has 0 radical (unpaired) electrons. The summed E-state index contributed by atoms with van der Waals surface area (Å²) in [4.78, 5) is 13.2. The summed E-state index contributed by atoms with van der Waals surface area (Å²) in [6.45, 7) is 12.2. The second-order valence-corrected chi connectivity index (χ2v) is 5.64. The molecule has 0 aliphatic rings. The second kappa shape index (κ2) is 10.9. The molecule has 3 heteroatoms. The molecule has 2 aromatic carbocycles. The fourth-order valence-electron chi connectivity index (χ4n) is 2.63. The maximum absolute atomic E-state index is 11.5. The lowest BCUT2D eigenvalue weighted by Crippen LogP contribution is -2.22. The zero-order chi connectivity index (χ0) is 19.5. The van der Waals surface area contributed by atoms with Crippen LogP contribution in [0.4, 0.5) is 0 Å². The van der Waals surface area contributed by atoms with Gasteiger partial charge in [0.05, 0.1) is 0 Å². The summed E-state index contributed by atoms with van der Waals surface area (Å²) >= 11 is 0. The van der Waals surface area contributed by atoms with E-state index in [1.165, 1.54) is 5.56 Å². The van der Waals surface area contributed by atoms with Gasteiger partial charge in [0, 0.05) is 6.54 Å². The number of allylic oxidation sites excluding steroid dienone is 1. The van der Waals surface area contributed by atoms with E-state index in [2.05, 4.69) is 43.8 Å². The van der Waals surface area contributed by atoms with Crippen LogP contribution in [0, 0.1) is 6.92 Å². The van der Waals surface area contributed by atoms with E-state index in [-0.39, 0.29) is 5.70 Å². The van der Waals surface area contributed by atoms with Gasteiger partial charge in [-0.2, -0.15) is 0 Å². The van der Waals surface area contributed by atoms with Crippen LogP contribution in [0.15, 0.2) is 73.1 Å². The van der Waals surface area contributed by atoms with Gasteiger partial charge >= 0.3 is 5.97 Å². The van der Waals surface area contributed by atoms with Crippen LogP contribution >= 0.6 is 0 Å². The van der Waals surface area contributed by atoms with E-state index in [4.69, 9.17) is 0 Å². The lowest BCUT2D eigenvalue weighted by atomic mass is 9.98. The molecular weight excluding hydrogens is 322 g/mol. The number of carboxylic acids is 1. The Labute approximate surface area is 157 Å². The fourth-order valence-corrected chi connectivity index (χ4v) is 2.63. The molecular formula is C23H29NO2. The van der Waals surface area contributed by atoms with Crippen molar-refractivity contribution in [1.29, 1.82) is 0 Å². The average Bonchev–Trinajstić information content (AvgIpc) is 2.67. The Balaban J connectivity index is 0.00000163. The third-order valence-electron chi connectivity index (χ3n) is 3.87. The number of aliphatic carboxylic acids is 1. The third-order valence-corrected chi connectivity index (χ3v) is 3.87. The van der Waals surface area contributed by atoms with Crippen LogP contribution in [0.25, 0.3) is 11.1 Å². The molecule has 0 amide bonds. The van der Waals surface area contributed by atoms with Gasteiger partial charge in [-0.1, -0.05) is 87.5 Å². The van der Waals surface area contributed by atoms with Gasteiger partial charge in [-0.15, -0.1) is 0 Å². The molecule has 0 heterocycles. The van der Waals surface area contributed by atoms with Crippen LogP contribution in [0.1, 0.15) is 38.3 Å². The van der Waals surface area contributed by atoms with Crippen molar-refractivity contribution in [3.63, 3.8) is 0 Å². The Hall–Kier alpha value is -2.81. The lowest BCUT2D eigenvalue weighted by Gasteiger charge is -2.22. The SMILES string of the molecule is C=CN(Cc1ccccc1-c1ccc(C)cc1)/C(=C\CC)C(=O)O.CC. The van der Waals surface area contributed by atoms with Crippen molar-refractivity contribution in [2.75, 3.05) is 0 Å². The van der Waals surface area contributed by atoms with E-state index in [1.54, 1.807) is 17.2 Å². The molecule has 1 N–H and O–H groups in total. The van der Waals surface area contributed by atoms with Gasteiger partial charge in [0.1, 0.15) is 5.70 Å². The van der Waals surface area contributed by atoms with Crippen LogP contribution in [-0.4, -0.2) is 16.0 Å². The second-order valence-electron chi connectivity index (χ2n) is 5.64. The van der Waals surface area contributed by atoms with Gasteiger partial charge in [0.25, 0.3) is 0 Å². The van der Waals surface area contributed by atoms with E-state index in [0.29, 0.717) is 13.0 Å². The maximum Gasteiger partial charge on any atom is 0.352 e. The highest BCUT2D eigenvalue weighted by atomic mass is 16.4. The first-order chi connectivity index (χ1) is 12.6. The number of rotatable bonds is 7. The smallest absolute Gasteiger partial charge is 0.352 e. The van der Waals surface area contributed by atoms with Crippen molar-refractivity contribution in [2.24, 2.45) is 0 Å². The molecule has 0 atom stereocenters. The van der Waals surface area contributed by atoms with Gasteiger partial charge in [0.15, 0.2) is 0 Å². The Kier molecular flexibility index (Phi) is 8.93. The molecule has 3 nitrogen and oxygen atoms in total. The Bertz CT molecular complexity index is 745. The Morgan fingerprint density at radius 3 is 2.27 bits per heavy atom. The first-order valence-electron chi connectivity index (χ1n) is 9.04. The predicted octanol–water partition coefficient (Wildman–Crippen LogP) is 6.01. The van der Waals surface area contributed by atoms with Gasteiger partial charge in [-0.25, -0.2) is 4.79 Å². The number of benzene rings is 2. The van der Waals surface area contributed by atoms with Crippen LogP contribution in [-0.2, 0) is 11.3 Å². The van der Waals surface area contributed by atoms with Crippen molar-refractivity contribution in [3.05, 3.63) is 84.2 Å². The molecule has 26 heavy (non-hydrogen) atoms. The number of hydrogen-bond acceptors (Lipinski definition) is 2. The monoisotopic (exact) mass is 351 g/mol. The molecule has 0 saturated heterocycles. The highest BCUT2D eigenvalue weighted by Gasteiger charge is 2.15. The summed E-state index contributed by atoms with van der Waals surface area (Å²) in [6, 6.07) is 16.4. The van der Waals surface area contributed by atoms with Crippen LogP contribution in [0.5, 0.6) is 0 Å². The normalized spacial score (nSPS) is 10.5. The van der Waals surface area contributed by atoms with E-state index >= 15 is 0 Å². The first kappa shape index (κ1) is 21.2. The zero-order valence-electron chi connectivity index (χ0n) is 16.2. The molecule has 0 unspecified atom stereocenters. The van der Waals surface area contributed by atoms with Gasteiger partial charge in [-0.05, 0) is 36.2 Å². The van der Waals surface area contributed by atoms with Crippen LogP contribution < -0.4 is 0 Å². The van der Waals surface area contributed by atoms with Crippen molar-refractivity contribution in [1.82, 2.24) is 4.90 Å². The lowest BCUT2D eigenvalue weighted by molar-refractivity contribution is -0.134. The molecule has 0 aliphatic carbocycles. The van der Waals surface area contributed by atoms with Crippen molar-refractivity contribution in [3.8, 4) is 11.1 Å². The molecule has 0 fully saturated rings.